The van der Waals surface area contributed by atoms with Crippen LogP contribution in [0, 0.1) is 0 Å². The van der Waals surface area contributed by atoms with E-state index in [1.54, 1.807) is 12.0 Å². The van der Waals surface area contributed by atoms with Crippen molar-refractivity contribution in [2.45, 2.75) is 6.17 Å². The molecule has 1 unspecified atom stereocenters. The second-order valence-electron chi connectivity index (χ2n) is 7.01. The third-order valence-electron chi connectivity index (χ3n) is 5.28. The number of fused-ring (bicyclic) bond motifs is 2. The summed E-state index contributed by atoms with van der Waals surface area (Å²) in [6, 6.07) is 23.0. The number of carbonyl (C=O) groups excluding carboxylic acids is 1. The summed E-state index contributed by atoms with van der Waals surface area (Å²) in [6.07, 6.45) is 1.76. The number of anilines is 2. The van der Waals surface area contributed by atoms with E-state index in [0.717, 1.165) is 34.0 Å². The Hall–Kier alpha value is -3.73. The van der Waals surface area contributed by atoms with Crippen LogP contribution in [0.4, 0.5) is 11.4 Å². The summed E-state index contributed by atoms with van der Waals surface area (Å²) in [5.41, 5.74) is 4.27. The molecule has 2 heterocycles. The Balaban J connectivity index is 1.61. The van der Waals surface area contributed by atoms with Gasteiger partial charge in [0.25, 0.3) is 5.91 Å². The fraction of sp³-hybridized carbons (Fsp3) is 0.125. The van der Waals surface area contributed by atoms with Crippen LogP contribution in [0.3, 0.4) is 0 Å². The molecule has 144 valence electrons. The van der Waals surface area contributed by atoms with Crippen molar-refractivity contribution in [3.05, 3.63) is 89.5 Å². The van der Waals surface area contributed by atoms with Crippen molar-refractivity contribution in [3.63, 3.8) is 0 Å². The largest absolute Gasteiger partial charge is 0.497 e. The number of carbonyl (C=O) groups is 1. The van der Waals surface area contributed by atoms with E-state index in [-0.39, 0.29) is 12.1 Å². The van der Waals surface area contributed by atoms with Crippen LogP contribution in [0.2, 0.25) is 0 Å². The van der Waals surface area contributed by atoms with Crippen LogP contribution in [0.1, 0.15) is 15.9 Å². The van der Waals surface area contributed by atoms with E-state index in [1.807, 2.05) is 72.8 Å². The van der Waals surface area contributed by atoms with Gasteiger partial charge in [0.05, 0.1) is 12.7 Å². The maximum atomic E-state index is 13.5. The van der Waals surface area contributed by atoms with Gasteiger partial charge in [0.1, 0.15) is 24.3 Å². The second kappa shape index (κ2) is 7.02. The molecule has 5 nitrogen and oxygen atoms in total. The van der Waals surface area contributed by atoms with Gasteiger partial charge in [-0.2, -0.15) is 0 Å². The maximum absolute atomic E-state index is 13.5. The Labute approximate surface area is 169 Å². The predicted octanol–water partition coefficient (Wildman–Crippen LogP) is 4.57. The highest BCUT2D eigenvalue weighted by Crippen LogP contribution is 2.35. The van der Waals surface area contributed by atoms with Gasteiger partial charge in [-0.1, -0.05) is 30.3 Å². The number of benzene rings is 3. The Morgan fingerprint density at radius 2 is 1.76 bits per heavy atom. The number of rotatable bonds is 3. The highest BCUT2D eigenvalue weighted by molar-refractivity contribution is 6.12. The SMILES string of the molecule is COc1ccc(N2C(=O)c3ccccc3NC2C2=Cc3ccccc3OC2)cc1. The molecule has 29 heavy (non-hydrogen) atoms. The minimum Gasteiger partial charge on any atom is -0.497 e. The number of hydrogen-bond acceptors (Lipinski definition) is 4. The fourth-order valence-electron chi connectivity index (χ4n) is 3.81. The van der Waals surface area contributed by atoms with Crippen LogP contribution in [0.5, 0.6) is 11.5 Å². The summed E-state index contributed by atoms with van der Waals surface area (Å²) in [5, 5.41) is 3.53. The minimum atomic E-state index is -0.348. The number of methoxy groups -OCH3 is 1. The molecule has 5 heteroatoms. The summed E-state index contributed by atoms with van der Waals surface area (Å²) in [7, 11) is 1.63. The highest BCUT2D eigenvalue weighted by Gasteiger charge is 2.36. The predicted molar refractivity (Wildman–Crippen MR) is 114 cm³/mol. The van der Waals surface area contributed by atoms with Crippen LogP contribution in [-0.2, 0) is 0 Å². The summed E-state index contributed by atoms with van der Waals surface area (Å²) in [6.45, 7) is 0.413. The third-order valence-corrected chi connectivity index (χ3v) is 5.28. The van der Waals surface area contributed by atoms with E-state index < -0.39 is 0 Å². The van der Waals surface area contributed by atoms with Crippen molar-refractivity contribution < 1.29 is 14.3 Å². The number of hydrogen-bond donors (Lipinski definition) is 1. The van der Waals surface area contributed by atoms with Gasteiger partial charge in [-0.25, -0.2) is 0 Å². The van der Waals surface area contributed by atoms with Crippen LogP contribution in [-0.4, -0.2) is 25.8 Å². The minimum absolute atomic E-state index is 0.0470. The van der Waals surface area contributed by atoms with E-state index in [0.29, 0.717) is 12.2 Å². The molecule has 1 N–H and O–H groups in total. The first-order valence-electron chi connectivity index (χ1n) is 9.50. The average molecular weight is 384 g/mol. The van der Waals surface area contributed by atoms with Crippen molar-refractivity contribution in [3.8, 4) is 11.5 Å². The van der Waals surface area contributed by atoms with E-state index >= 15 is 0 Å². The zero-order valence-electron chi connectivity index (χ0n) is 16.0. The molecule has 0 saturated heterocycles. The molecular weight excluding hydrogens is 364 g/mol. The zero-order chi connectivity index (χ0) is 19.8. The zero-order valence-corrected chi connectivity index (χ0v) is 16.0. The molecule has 1 atom stereocenters. The first-order valence-corrected chi connectivity index (χ1v) is 9.50. The molecule has 0 bridgehead atoms. The molecule has 3 aromatic carbocycles. The highest BCUT2D eigenvalue weighted by atomic mass is 16.5. The van der Waals surface area contributed by atoms with Gasteiger partial charge < -0.3 is 14.8 Å². The van der Waals surface area contributed by atoms with Gasteiger partial charge in [-0.3, -0.25) is 9.69 Å². The van der Waals surface area contributed by atoms with Gasteiger partial charge >= 0.3 is 0 Å². The fourth-order valence-corrected chi connectivity index (χ4v) is 3.81. The van der Waals surface area contributed by atoms with Crippen LogP contribution < -0.4 is 19.7 Å². The lowest BCUT2D eigenvalue weighted by atomic mass is 9.99. The van der Waals surface area contributed by atoms with E-state index in [4.69, 9.17) is 9.47 Å². The number of nitrogens with one attached hydrogen (secondary N) is 1. The first kappa shape index (κ1) is 17.4. The molecule has 0 radical (unpaired) electrons. The Morgan fingerprint density at radius 1 is 1.00 bits per heavy atom. The number of ether oxygens (including phenoxy) is 2. The van der Waals surface area contributed by atoms with Gasteiger partial charge in [0, 0.05) is 22.5 Å². The molecule has 2 aliphatic heterocycles. The van der Waals surface area contributed by atoms with Crippen molar-refractivity contribution in [2.24, 2.45) is 0 Å². The lowest BCUT2D eigenvalue weighted by Crippen LogP contribution is -2.51. The first-order chi connectivity index (χ1) is 14.2. The van der Waals surface area contributed by atoms with E-state index in [1.165, 1.54) is 0 Å². The molecule has 5 rings (SSSR count). The molecule has 3 aromatic rings. The van der Waals surface area contributed by atoms with E-state index in [2.05, 4.69) is 11.4 Å². The molecule has 0 fully saturated rings. The second-order valence-corrected chi connectivity index (χ2v) is 7.01. The summed E-state index contributed by atoms with van der Waals surface area (Å²) in [4.78, 5) is 15.2. The number of amides is 1. The third kappa shape index (κ3) is 3.01. The monoisotopic (exact) mass is 384 g/mol. The normalized spacial score (nSPS) is 17.4. The van der Waals surface area contributed by atoms with Crippen molar-refractivity contribution >= 4 is 23.4 Å². The molecule has 0 spiro atoms. The van der Waals surface area contributed by atoms with Gasteiger partial charge in [0.2, 0.25) is 0 Å². The van der Waals surface area contributed by atoms with E-state index in [9.17, 15) is 4.79 Å². The maximum Gasteiger partial charge on any atom is 0.262 e. The number of nitrogens with zero attached hydrogens (tertiary/aromatic N) is 1. The molecule has 2 aliphatic rings. The molecule has 1 amide bonds. The molecular formula is C24H20N2O3. The van der Waals surface area contributed by atoms with Crippen LogP contribution in [0.25, 0.3) is 6.08 Å². The van der Waals surface area contributed by atoms with Crippen LogP contribution >= 0.6 is 0 Å². The average Bonchev–Trinajstić information content (AvgIpc) is 2.79. The Morgan fingerprint density at radius 3 is 2.59 bits per heavy atom. The van der Waals surface area contributed by atoms with Gasteiger partial charge in [-0.15, -0.1) is 0 Å². The standard InChI is InChI=1S/C24H20N2O3/c1-28-19-12-10-18(11-13-19)26-23(25-21-8-4-3-7-20(21)24(26)27)17-14-16-6-2-5-9-22(16)29-15-17/h2-14,23,25H,15H2,1H3. The molecule has 0 aromatic heterocycles. The summed E-state index contributed by atoms with van der Waals surface area (Å²) < 4.78 is 11.2. The molecule has 0 saturated carbocycles. The summed E-state index contributed by atoms with van der Waals surface area (Å²) >= 11 is 0. The van der Waals surface area contributed by atoms with Gasteiger partial charge in [-0.05, 0) is 48.5 Å². The lowest BCUT2D eigenvalue weighted by molar-refractivity contribution is 0.0977. The van der Waals surface area contributed by atoms with Crippen molar-refractivity contribution in [1.82, 2.24) is 0 Å². The van der Waals surface area contributed by atoms with Crippen molar-refractivity contribution in [1.29, 1.82) is 0 Å². The van der Waals surface area contributed by atoms with Crippen molar-refractivity contribution in [2.75, 3.05) is 23.9 Å². The quantitative estimate of drug-likeness (QED) is 0.719. The van der Waals surface area contributed by atoms with Crippen LogP contribution in [0.15, 0.2) is 78.4 Å². The summed E-state index contributed by atoms with van der Waals surface area (Å²) in [5.74, 6) is 1.56. The number of para-hydroxylation sites is 2. The Kier molecular flexibility index (Phi) is 4.21. The smallest absolute Gasteiger partial charge is 0.262 e. The molecule has 0 aliphatic carbocycles. The Bertz CT molecular complexity index is 1110. The topological polar surface area (TPSA) is 50.8 Å². The lowest BCUT2D eigenvalue weighted by Gasteiger charge is -2.40. The van der Waals surface area contributed by atoms with Gasteiger partial charge in [0.15, 0.2) is 0 Å².